The second kappa shape index (κ2) is 7.94. The van der Waals surface area contributed by atoms with Crippen molar-refractivity contribution in [3.63, 3.8) is 0 Å². The number of rotatable bonds is 5. The Morgan fingerprint density at radius 1 is 1.64 bits per heavy atom. The molecule has 0 fully saturated rings. The summed E-state index contributed by atoms with van der Waals surface area (Å²) in [5.74, 6) is -1.76. The van der Waals surface area contributed by atoms with Crippen LogP contribution in [0.3, 0.4) is 0 Å². The Bertz CT molecular complexity index is 285. The molecule has 0 heterocycles. The molecular formula is C6H9KO6S. The third-order valence-electron chi connectivity index (χ3n) is 0.981. The summed E-state index contributed by atoms with van der Waals surface area (Å²) in [6.07, 6.45) is -0.635. The molecule has 0 radical (unpaired) electrons. The van der Waals surface area contributed by atoms with Gasteiger partial charge < -0.3 is 14.4 Å². The molecule has 0 bridgehead atoms. The molecule has 0 aromatic heterocycles. The van der Waals surface area contributed by atoms with Crippen LogP contribution >= 0.6 is 0 Å². The summed E-state index contributed by atoms with van der Waals surface area (Å²) in [6.45, 7) is 2.54. The van der Waals surface area contributed by atoms with Gasteiger partial charge in [-0.2, -0.15) is 0 Å². The predicted molar refractivity (Wildman–Crippen MR) is 41.7 cm³/mol. The molecule has 0 saturated carbocycles. The van der Waals surface area contributed by atoms with Gasteiger partial charge in [-0.05, 0) is 0 Å². The van der Waals surface area contributed by atoms with E-state index in [0.29, 0.717) is 0 Å². The van der Waals surface area contributed by atoms with Crippen LogP contribution in [0.15, 0.2) is 12.7 Å². The average Bonchev–Trinajstić information content (AvgIpc) is 1.97. The minimum atomic E-state index is -4.50. The third kappa shape index (κ3) is 10.8. The van der Waals surface area contributed by atoms with Gasteiger partial charge in [0.1, 0.15) is 12.7 Å². The maximum Gasteiger partial charge on any atom is 1.00 e. The molecule has 0 aromatic carbocycles. The Morgan fingerprint density at radius 2 is 2.14 bits per heavy atom. The second-order valence-electron chi connectivity index (χ2n) is 2.21. The topological polar surface area (TPSA) is 104 Å². The van der Waals surface area contributed by atoms with Gasteiger partial charge in [-0.25, -0.2) is 13.2 Å². The SMILES string of the molecule is C=CC(=O)OCC(O)CS(=O)(=O)[O-].[K+]. The van der Waals surface area contributed by atoms with Crippen molar-refractivity contribution in [3.8, 4) is 0 Å². The van der Waals surface area contributed by atoms with Gasteiger partial charge in [0.15, 0.2) is 0 Å². The summed E-state index contributed by atoms with van der Waals surface area (Å²) < 4.78 is 34.5. The van der Waals surface area contributed by atoms with E-state index in [0.717, 1.165) is 6.08 Å². The van der Waals surface area contributed by atoms with E-state index in [2.05, 4.69) is 11.3 Å². The average molecular weight is 248 g/mol. The fourth-order valence-corrected chi connectivity index (χ4v) is 1.09. The van der Waals surface area contributed by atoms with Crippen LogP contribution in [0.4, 0.5) is 0 Å². The molecule has 0 aliphatic carbocycles. The second-order valence-corrected chi connectivity index (χ2v) is 3.66. The number of hydrogen-bond acceptors (Lipinski definition) is 6. The molecule has 0 rings (SSSR count). The van der Waals surface area contributed by atoms with Gasteiger partial charge in [0.25, 0.3) is 0 Å². The molecule has 8 heteroatoms. The van der Waals surface area contributed by atoms with Gasteiger partial charge in [0.05, 0.1) is 15.9 Å². The van der Waals surface area contributed by atoms with Gasteiger partial charge in [-0.1, -0.05) is 6.58 Å². The van der Waals surface area contributed by atoms with E-state index in [9.17, 15) is 17.8 Å². The van der Waals surface area contributed by atoms with Crippen molar-refractivity contribution in [1.82, 2.24) is 0 Å². The molecule has 1 N–H and O–H groups in total. The summed E-state index contributed by atoms with van der Waals surface area (Å²) >= 11 is 0. The summed E-state index contributed by atoms with van der Waals surface area (Å²) in [6, 6.07) is 0. The Labute approximate surface area is 124 Å². The Kier molecular flexibility index (Phi) is 9.71. The van der Waals surface area contributed by atoms with Gasteiger partial charge in [0, 0.05) is 6.08 Å². The number of carbonyl (C=O) groups is 1. The molecule has 0 aromatic rings. The number of esters is 1. The standard InChI is InChI=1S/C6H10O6S.K/c1-2-6(8)12-3-5(7)4-13(9,10)11;/h2,5,7H,1,3-4H2,(H,9,10,11);/q;+1/p-1. The molecule has 0 spiro atoms. The molecule has 6 nitrogen and oxygen atoms in total. The summed E-state index contributed by atoms with van der Waals surface area (Å²) in [7, 11) is -4.50. The number of hydrogen-bond donors (Lipinski definition) is 1. The maximum absolute atomic E-state index is 10.4. The van der Waals surface area contributed by atoms with E-state index in [1.807, 2.05) is 0 Å². The van der Waals surface area contributed by atoms with E-state index < -0.39 is 34.6 Å². The van der Waals surface area contributed by atoms with Crippen molar-refractivity contribution in [1.29, 1.82) is 0 Å². The molecular weight excluding hydrogens is 239 g/mol. The summed E-state index contributed by atoms with van der Waals surface area (Å²) in [5.41, 5.74) is 0. The van der Waals surface area contributed by atoms with Crippen LogP contribution < -0.4 is 51.4 Å². The van der Waals surface area contributed by atoms with Crippen LogP contribution in [-0.2, 0) is 19.6 Å². The van der Waals surface area contributed by atoms with Crippen molar-refractivity contribution < 1.29 is 79.0 Å². The molecule has 0 aliphatic heterocycles. The minimum Gasteiger partial charge on any atom is -0.748 e. The predicted octanol–water partition coefficient (Wildman–Crippen LogP) is -4.37. The third-order valence-corrected chi connectivity index (χ3v) is 1.77. The van der Waals surface area contributed by atoms with E-state index in [-0.39, 0.29) is 51.4 Å². The number of aliphatic hydroxyl groups excluding tert-OH is 1. The van der Waals surface area contributed by atoms with Gasteiger partial charge >= 0.3 is 57.4 Å². The largest absolute Gasteiger partial charge is 1.00 e. The summed E-state index contributed by atoms with van der Waals surface area (Å²) in [4.78, 5) is 10.4. The normalized spacial score (nSPS) is 12.4. The Hall–Kier alpha value is 0.716. The monoisotopic (exact) mass is 248 g/mol. The van der Waals surface area contributed by atoms with Crippen molar-refractivity contribution in [2.24, 2.45) is 0 Å². The van der Waals surface area contributed by atoms with Gasteiger partial charge in [0.2, 0.25) is 0 Å². The van der Waals surface area contributed by atoms with E-state index in [1.54, 1.807) is 0 Å². The number of aliphatic hydroxyl groups is 1. The molecule has 76 valence electrons. The molecule has 0 aliphatic rings. The first-order valence-corrected chi connectivity index (χ1v) is 4.83. The first kappa shape index (κ1) is 17.1. The Morgan fingerprint density at radius 3 is 2.50 bits per heavy atom. The van der Waals surface area contributed by atoms with Crippen LogP contribution in [0.1, 0.15) is 0 Å². The fourth-order valence-electron chi connectivity index (χ4n) is 0.521. The first-order chi connectivity index (χ1) is 5.85. The van der Waals surface area contributed by atoms with Crippen molar-refractivity contribution >= 4 is 16.1 Å². The van der Waals surface area contributed by atoms with Crippen LogP contribution in [0.2, 0.25) is 0 Å². The van der Waals surface area contributed by atoms with Crippen molar-refractivity contribution in [3.05, 3.63) is 12.7 Å². The van der Waals surface area contributed by atoms with Crippen LogP contribution in [-0.4, -0.2) is 42.5 Å². The van der Waals surface area contributed by atoms with Crippen LogP contribution in [0, 0.1) is 0 Å². The van der Waals surface area contributed by atoms with Crippen molar-refractivity contribution in [2.45, 2.75) is 6.10 Å². The van der Waals surface area contributed by atoms with Crippen molar-refractivity contribution in [2.75, 3.05) is 12.4 Å². The summed E-state index contributed by atoms with van der Waals surface area (Å²) in [5, 5.41) is 8.84. The molecule has 1 atom stereocenters. The number of ether oxygens (including phenoxy) is 1. The minimum absolute atomic E-state index is 0. The molecule has 1 unspecified atom stereocenters. The fraction of sp³-hybridized carbons (Fsp3) is 0.500. The molecule has 0 saturated heterocycles. The zero-order chi connectivity index (χ0) is 10.5. The molecule has 14 heavy (non-hydrogen) atoms. The van der Waals surface area contributed by atoms with E-state index in [4.69, 9.17) is 5.11 Å². The Balaban J connectivity index is 0. The van der Waals surface area contributed by atoms with E-state index in [1.165, 1.54) is 0 Å². The first-order valence-electron chi connectivity index (χ1n) is 3.26. The van der Waals surface area contributed by atoms with Crippen LogP contribution in [0.5, 0.6) is 0 Å². The smallest absolute Gasteiger partial charge is 0.748 e. The van der Waals surface area contributed by atoms with E-state index >= 15 is 0 Å². The zero-order valence-electron chi connectivity index (χ0n) is 7.67. The maximum atomic E-state index is 10.4. The quantitative estimate of drug-likeness (QED) is 0.228. The zero-order valence-corrected chi connectivity index (χ0v) is 11.6. The van der Waals surface area contributed by atoms with Crippen LogP contribution in [0.25, 0.3) is 0 Å². The van der Waals surface area contributed by atoms with Gasteiger partial charge in [-0.3, -0.25) is 0 Å². The molecule has 0 amide bonds. The van der Waals surface area contributed by atoms with Gasteiger partial charge in [-0.15, -0.1) is 0 Å². The number of carbonyl (C=O) groups excluding carboxylic acids is 1.